The molecule has 2 aliphatic heterocycles. The third-order valence-electron chi connectivity index (χ3n) is 5.77. The molecule has 2 heterocycles. The highest BCUT2D eigenvalue weighted by atomic mass is 35.5. The van der Waals surface area contributed by atoms with E-state index in [1.54, 1.807) is 0 Å². The summed E-state index contributed by atoms with van der Waals surface area (Å²) in [6.45, 7) is 3.34. The van der Waals surface area contributed by atoms with E-state index in [1.165, 1.54) is 0 Å². The largest absolute Gasteiger partial charge is 0.343 e. The zero-order chi connectivity index (χ0) is 15.5. The SMILES string of the molecule is Cl.N[C@@H]1CCC[C@H]1CC(=O)N1CCC(C(=O)N2CCCC2)CC1. The number of piperidine rings is 1. The van der Waals surface area contributed by atoms with Crippen molar-refractivity contribution in [2.24, 2.45) is 17.6 Å². The Morgan fingerprint density at radius 1 is 0.870 bits per heavy atom. The number of hydrogen-bond acceptors (Lipinski definition) is 3. The molecule has 1 aliphatic carbocycles. The van der Waals surface area contributed by atoms with Crippen molar-refractivity contribution in [2.75, 3.05) is 26.2 Å². The fourth-order valence-electron chi connectivity index (χ4n) is 4.24. The second-order valence-electron chi connectivity index (χ2n) is 7.25. The molecule has 0 radical (unpaired) electrons. The Balaban J connectivity index is 0.00000192. The van der Waals surface area contributed by atoms with Gasteiger partial charge in [-0.15, -0.1) is 12.4 Å². The molecule has 6 heteroatoms. The molecule has 3 aliphatic rings. The van der Waals surface area contributed by atoms with Crippen LogP contribution in [0.5, 0.6) is 0 Å². The highest BCUT2D eigenvalue weighted by molar-refractivity contribution is 5.85. The zero-order valence-electron chi connectivity index (χ0n) is 13.9. The van der Waals surface area contributed by atoms with E-state index in [9.17, 15) is 9.59 Å². The van der Waals surface area contributed by atoms with E-state index in [-0.39, 0.29) is 30.3 Å². The van der Waals surface area contributed by atoms with Gasteiger partial charge in [-0.2, -0.15) is 0 Å². The minimum absolute atomic E-state index is 0. The van der Waals surface area contributed by atoms with Crippen LogP contribution < -0.4 is 5.73 Å². The number of rotatable bonds is 3. The number of hydrogen-bond donors (Lipinski definition) is 1. The lowest BCUT2D eigenvalue weighted by atomic mass is 9.94. The Hall–Kier alpha value is -0.810. The van der Waals surface area contributed by atoms with Gasteiger partial charge in [-0.1, -0.05) is 6.42 Å². The van der Waals surface area contributed by atoms with Crippen molar-refractivity contribution in [1.29, 1.82) is 0 Å². The van der Waals surface area contributed by atoms with Gasteiger partial charge in [0, 0.05) is 44.6 Å². The van der Waals surface area contributed by atoms with Crippen LogP contribution in [0.15, 0.2) is 0 Å². The molecular formula is C17H30ClN3O2. The van der Waals surface area contributed by atoms with Crippen LogP contribution in [0.25, 0.3) is 0 Å². The summed E-state index contributed by atoms with van der Waals surface area (Å²) in [6.07, 6.45) is 7.86. The number of carbonyl (C=O) groups is 2. The first-order valence-electron chi connectivity index (χ1n) is 8.97. The van der Waals surface area contributed by atoms with Gasteiger partial charge in [0.1, 0.15) is 0 Å². The van der Waals surface area contributed by atoms with Crippen molar-refractivity contribution >= 4 is 24.2 Å². The highest BCUT2D eigenvalue weighted by Crippen LogP contribution is 2.28. The predicted octanol–water partition coefficient (Wildman–Crippen LogP) is 1.79. The van der Waals surface area contributed by atoms with Crippen LogP contribution in [0.3, 0.4) is 0 Å². The first kappa shape index (κ1) is 18.5. The zero-order valence-corrected chi connectivity index (χ0v) is 14.7. The maximum Gasteiger partial charge on any atom is 0.225 e. The van der Waals surface area contributed by atoms with Crippen molar-refractivity contribution in [3.05, 3.63) is 0 Å². The van der Waals surface area contributed by atoms with E-state index in [4.69, 9.17) is 5.73 Å². The Labute approximate surface area is 145 Å². The molecule has 0 spiro atoms. The minimum atomic E-state index is 0. The van der Waals surface area contributed by atoms with Crippen molar-refractivity contribution in [3.8, 4) is 0 Å². The molecule has 5 nitrogen and oxygen atoms in total. The van der Waals surface area contributed by atoms with Gasteiger partial charge in [-0.3, -0.25) is 9.59 Å². The van der Waals surface area contributed by atoms with E-state index in [0.717, 1.165) is 71.1 Å². The topological polar surface area (TPSA) is 66.6 Å². The van der Waals surface area contributed by atoms with E-state index in [0.29, 0.717) is 18.2 Å². The maximum atomic E-state index is 12.4. The highest BCUT2D eigenvalue weighted by Gasteiger charge is 2.33. The van der Waals surface area contributed by atoms with E-state index < -0.39 is 0 Å². The van der Waals surface area contributed by atoms with Gasteiger partial charge >= 0.3 is 0 Å². The lowest BCUT2D eigenvalue weighted by molar-refractivity contribution is -0.140. The quantitative estimate of drug-likeness (QED) is 0.849. The van der Waals surface area contributed by atoms with Gasteiger partial charge in [0.2, 0.25) is 11.8 Å². The van der Waals surface area contributed by atoms with Crippen molar-refractivity contribution in [2.45, 2.75) is 57.4 Å². The number of amides is 2. The first-order chi connectivity index (χ1) is 10.6. The van der Waals surface area contributed by atoms with Gasteiger partial charge in [-0.25, -0.2) is 0 Å². The molecule has 0 bridgehead atoms. The van der Waals surface area contributed by atoms with Gasteiger partial charge < -0.3 is 15.5 Å². The second kappa shape index (κ2) is 8.34. The van der Waals surface area contributed by atoms with Gasteiger partial charge in [0.05, 0.1) is 0 Å². The lowest BCUT2D eigenvalue weighted by Crippen LogP contribution is -2.44. The van der Waals surface area contributed by atoms with Gasteiger partial charge in [-0.05, 0) is 44.4 Å². The van der Waals surface area contributed by atoms with Crippen LogP contribution in [0.4, 0.5) is 0 Å². The lowest BCUT2D eigenvalue weighted by Gasteiger charge is -2.34. The standard InChI is InChI=1S/C17H29N3O2.ClH/c18-15-5-3-4-14(15)12-16(21)19-10-6-13(7-11-19)17(22)20-8-1-2-9-20;/h13-15H,1-12,18H2;1H/t14-,15+;/m0./s1. The van der Waals surface area contributed by atoms with Crippen LogP contribution in [0.1, 0.15) is 51.4 Å². The Bertz CT molecular complexity index is 418. The number of halogens is 1. The van der Waals surface area contributed by atoms with Crippen LogP contribution in [0, 0.1) is 11.8 Å². The fraction of sp³-hybridized carbons (Fsp3) is 0.882. The Morgan fingerprint density at radius 2 is 1.52 bits per heavy atom. The fourth-order valence-corrected chi connectivity index (χ4v) is 4.24. The molecular weight excluding hydrogens is 314 g/mol. The molecule has 0 aromatic heterocycles. The molecule has 3 fully saturated rings. The van der Waals surface area contributed by atoms with Crippen molar-refractivity contribution in [1.82, 2.24) is 9.80 Å². The molecule has 2 N–H and O–H groups in total. The molecule has 1 saturated carbocycles. The number of likely N-dealkylation sites (tertiary alicyclic amines) is 2. The number of nitrogens with two attached hydrogens (primary N) is 1. The summed E-state index contributed by atoms with van der Waals surface area (Å²) < 4.78 is 0. The summed E-state index contributed by atoms with van der Waals surface area (Å²) in [5, 5.41) is 0. The third kappa shape index (κ3) is 4.38. The average molecular weight is 344 g/mol. The molecule has 132 valence electrons. The van der Waals surface area contributed by atoms with E-state index >= 15 is 0 Å². The Morgan fingerprint density at radius 3 is 2.09 bits per heavy atom. The normalized spacial score (nSPS) is 28.7. The maximum absolute atomic E-state index is 12.4. The molecule has 23 heavy (non-hydrogen) atoms. The van der Waals surface area contributed by atoms with Crippen LogP contribution in [-0.4, -0.2) is 53.8 Å². The summed E-state index contributed by atoms with van der Waals surface area (Å²) in [5.41, 5.74) is 6.07. The Kier molecular flexibility index (Phi) is 6.72. The van der Waals surface area contributed by atoms with Crippen molar-refractivity contribution in [3.63, 3.8) is 0 Å². The summed E-state index contributed by atoms with van der Waals surface area (Å²) >= 11 is 0. The van der Waals surface area contributed by atoms with Gasteiger partial charge in [0.25, 0.3) is 0 Å². The molecule has 2 amide bonds. The van der Waals surface area contributed by atoms with Crippen LogP contribution in [0.2, 0.25) is 0 Å². The second-order valence-corrected chi connectivity index (χ2v) is 7.25. The summed E-state index contributed by atoms with van der Waals surface area (Å²) in [5.74, 6) is 1.07. The molecule has 0 aromatic carbocycles. The first-order valence-corrected chi connectivity index (χ1v) is 8.97. The van der Waals surface area contributed by atoms with Gasteiger partial charge in [0.15, 0.2) is 0 Å². The molecule has 2 atom stereocenters. The summed E-state index contributed by atoms with van der Waals surface area (Å²) in [4.78, 5) is 28.8. The van der Waals surface area contributed by atoms with E-state index in [2.05, 4.69) is 0 Å². The number of nitrogens with zero attached hydrogens (tertiary/aromatic N) is 2. The molecule has 0 aromatic rings. The average Bonchev–Trinajstić information content (AvgIpc) is 3.19. The molecule has 3 rings (SSSR count). The van der Waals surface area contributed by atoms with Crippen LogP contribution >= 0.6 is 12.4 Å². The summed E-state index contributed by atoms with van der Waals surface area (Å²) in [7, 11) is 0. The number of carbonyl (C=O) groups excluding carboxylic acids is 2. The third-order valence-corrected chi connectivity index (χ3v) is 5.77. The molecule has 2 saturated heterocycles. The van der Waals surface area contributed by atoms with Crippen molar-refractivity contribution < 1.29 is 9.59 Å². The molecule has 0 unspecified atom stereocenters. The summed E-state index contributed by atoms with van der Waals surface area (Å²) in [6, 6.07) is 0.207. The minimum Gasteiger partial charge on any atom is -0.343 e. The van der Waals surface area contributed by atoms with E-state index in [1.807, 2.05) is 9.80 Å². The predicted molar refractivity (Wildman–Crippen MR) is 92.3 cm³/mol. The smallest absolute Gasteiger partial charge is 0.225 e. The van der Waals surface area contributed by atoms with Crippen LogP contribution in [-0.2, 0) is 9.59 Å². The monoisotopic (exact) mass is 343 g/mol.